The number of carboxylic acids is 1. The number of hydrogen-bond acceptors (Lipinski definition) is 5. The SMILES string of the molecule is Cc1ccc(S(=O)(=O)N(CC(=O)O)c2ccccc2Br)cc1[N+](=O)[O-]. The first-order chi connectivity index (χ1) is 11.6. The molecule has 0 saturated carbocycles. The highest BCUT2D eigenvalue weighted by molar-refractivity contribution is 9.10. The standard InChI is InChI=1S/C15H13BrN2O6S/c1-10-6-7-11(8-14(10)18(21)22)25(23,24)17(9-15(19)20)13-5-3-2-4-12(13)16/h2-8H,9H2,1H3,(H,19,20). The van der Waals surface area contributed by atoms with Crippen molar-refractivity contribution >= 4 is 43.3 Å². The molecule has 2 aromatic carbocycles. The smallest absolute Gasteiger partial charge is 0.324 e. The molecule has 0 fully saturated rings. The van der Waals surface area contributed by atoms with E-state index in [1.54, 1.807) is 18.2 Å². The molecular weight excluding hydrogens is 416 g/mol. The maximum absolute atomic E-state index is 12.9. The fourth-order valence-electron chi connectivity index (χ4n) is 2.15. The first-order valence-corrected chi connectivity index (χ1v) is 9.12. The van der Waals surface area contributed by atoms with Crippen molar-refractivity contribution in [2.24, 2.45) is 0 Å². The molecular formula is C15H13BrN2O6S. The van der Waals surface area contributed by atoms with Gasteiger partial charge in [-0.05, 0) is 41.1 Å². The van der Waals surface area contributed by atoms with E-state index >= 15 is 0 Å². The monoisotopic (exact) mass is 428 g/mol. The maximum atomic E-state index is 12.9. The average Bonchev–Trinajstić information content (AvgIpc) is 2.53. The summed E-state index contributed by atoms with van der Waals surface area (Å²) in [4.78, 5) is 21.2. The summed E-state index contributed by atoms with van der Waals surface area (Å²) in [5.74, 6) is -1.36. The highest BCUT2D eigenvalue weighted by Gasteiger charge is 2.30. The number of nitro groups is 1. The zero-order valence-electron chi connectivity index (χ0n) is 12.9. The van der Waals surface area contributed by atoms with E-state index in [-0.39, 0.29) is 16.3 Å². The molecule has 0 radical (unpaired) electrons. The van der Waals surface area contributed by atoms with Crippen LogP contribution < -0.4 is 4.31 Å². The number of sulfonamides is 1. The van der Waals surface area contributed by atoms with Gasteiger partial charge in [0.05, 0.1) is 15.5 Å². The Kier molecular flexibility index (Phi) is 5.43. The van der Waals surface area contributed by atoms with Gasteiger partial charge in [-0.2, -0.15) is 0 Å². The normalized spacial score (nSPS) is 11.1. The molecule has 0 bridgehead atoms. The van der Waals surface area contributed by atoms with Gasteiger partial charge in [-0.15, -0.1) is 0 Å². The highest BCUT2D eigenvalue weighted by atomic mass is 79.9. The van der Waals surface area contributed by atoms with E-state index in [0.29, 0.717) is 14.3 Å². The summed E-state index contributed by atoms with van der Waals surface area (Å²) in [5.41, 5.74) is 0.0613. The van der Waals surface area contributed by atoms with Crippen LogP contribution in [0.2, 0.25) is 0 Å². The van der Waals surface area contributed by atoms with E-state index in [9.17, 15) is 23.3 Å². The highest BCUT2D eigenvalue weighted by Crippen LogP contribution is 2.32. The van der Waals surface area contributed by atoms with E-state index in [1.807, 2.05) is 0 Å². The van der Waals surface area contributed by atoms with Gasteiger partial charge in [-0.1, -0.05) is 18.2 Å². The van der Waals surface area contributed by atoms with Crippen molar-refractivity contribution in [2.45, 2.75) is 11.8 Å². The van der Waals surface area contributed by atoms with Crippen molar-refractivity contribution in [2.75, 3.05) is 10.8 Å². The van der Waals surface area contributed by atoms with E-state index in [2.05, 4.69) is 15.9 Å². The van der Waals surface area contributed by atoms with Crippen molar-refractivity contribution in [3.05, 3.63) is 62.6 Å². The molecule has 132 valence electrons. The second kappa shape index (κ2) is 7.19. The van der Waals surface area contributed by atoms with Crippen LogP contribution in [0.15, 0.2) is 51.8 Å². The molecule has 1 N–H and O–H groups in total. The molecule has 2 rings (SSSR count). The van der Waals surface area contributed by atoms with Gasteiger partial charge >= 0.3 is 5.97 Å². The third kappa shape index (κ3) is 3.97. The van der Waals surface area contributed by atoms with Crippen molar-refractivity contribution in [1.82, 2.24) is 0 Å². The summed E-state index contributed by atoms with van der Waals surface area (Å²) in [6, 6.07) is 9.66. The van der Waals surface area contributed by atoms with E-state index in [4.69, 9.17) is 5.11 Å². The summed E-state index contributed by atoms with van der Waals surface area (Å²) in [6.07, 6.45) is 0. The van der Waals surface area contributed by atoms with Gasteiger partial charge in [0.1, 0.15) is 6.54 Å². The molecule has 0 aliphatic rings. The van der Waals surface area contributed by atoms with Gasteiger partial charge in [0.15, 0.2) is 0 Å². The van der Waals surface area contributed by atoms with Crippen molar-refractivity contribution in [3.8, 4) is 0 Å². The molecule has 0 aliphatic heterocycles. The van der Waals surface area contributed by atoms with E-state index in [0.717, 1.165) is 6.07 Å². The van der Waals surface area contributed by atoms with Crippen LogP contribution in [0.3, 0.4) is 0 Å². The molecule has 8 nitrogen and oxygen atoms in total. The minimum atomic E-state index is -4.33. The summed E-state index contributed by atoms with van der Waals surface area (Å²) < 4.78 is 26.9. The zero-order chi connectivity index (χ0) is 18.8. The van der Waals surface area contributed by atoms with Crippen LogP contribution in [0.25, 0.3) is 0 Å². The van der Waals surface area contributed by atoms with Crippen LogP contribution in [0.4, 0.5) is 11.4 Å². The summed E-state index contributed by atoms with van der Waals surface area (Å²) >= 11 is 3.19. The minimum absolute atomic E-state index is 0.119. The largest absolute Gasteiger partial charge is 0.480 e. The van der Waals surface area contributed by atoms with E-state index < -0.39 is 27.5 Å². The van der Waals surface area contributed by atoms with Gasteiger partial charge in [-0.3, -0.25) is 19.2 Å². The van der Waals surface area contributed by atoms with Crippen molar-refractivity contribution in [1.29, 1.82) is 0 Å². The van der Waals surface area contributed by atoms with Crippen molar-refractivity contribution < 1.29 is 23.2 Å². The predicted molar refractivity (Wildman–Crippen MR) is 94.1 cm³/mol. The lowest BCUT2D eigenvalue weighted by molar-refractivity contribution is -0.385. The number of hydrogen-bond donors (Lipinski definition) is 1. The topological polar surface area (TPSA) is 118 Å². The van der Waals surface area contributed by atoms with Crippen LogP contribution in [0.1, 0.15) is 5.56 Å². The molecule has 0 amide bonds. The number of nitrogens with zero attached hydrogens (tertiary/aromatic N) is 2. The Labute approximate surface area is 152 Å². The molecule has 0 spiro atoms. The third-order valence-corrected chi connectivity index (χ3v) is 5.79. The lowest BCUT2D eigenvalue weighted by Crippen LogP contribution is -2.36. The van der Waals surface area contributed by atoms with Gasteiger partial charge in [0.25, 0.3) is 15.7 Å². The van der Waals surface area contributed by atoms with Gasteiger partial charge in [0, 0.05) is 16.1 Å². The molecule has 25 heavy (non-hydrogen) atoms. The first-order valence-electron chi connectivity index (χ1n) is 6.88. The van der Waals surface area contributed by atoms with Crippen molar-refractivity contribution in [3.63, 3.8) is 0 Å². The quantitative estimate of drug-likeness (QED) is 0.557. The number of anilines is 1. The molecule has 2 aromatic rings. The Balaban J connectivity index is 2.64. The fraction of sp³-hybridized carbons (Fsp3) is 0.133. The summed E-state index contributed by atoms with van der Waals surface area (Å²) in [7, 11) is -4.33. The third-order valence-electron chi connectivity index (χ3n) is 3.37. The molecule has 0 atom stereocenters. The molecule has 10 heteroatoms. The Morgan fingerprint density at radius 1 is 1.28 bits per heavy atom. The minimum Gasteiger partial charge on any atom is -0.480 e. The number of benzene rings is 2. The van der Waals surface area contributed by atoms with Gasteiger partial charge in [0.2, 0.25) is 0 Å². The Bertz CT molecular complexity index is 945. The number of nitro benzene ring substituents is 1. The van der Waals surface area contributed by atoms with Crippen LogP contribution in [0, 0.1) is 17.0 Å². The molecule has 0 saturated heterocycles. The van der Waals surface area contributed by atoms with E-state index in [1.165, 1.54) is 25.1 Å². The average molecular weight is 429 g/mol. The number of para-hydroxylation sites is 1. The Morgan fingerprint density at radius 3 is 2.48 bits per heavy atom. The van der Waals surface area contributed by atoms with Crippen LogP contribution in [-0.2, 0) is 14.8 Å². The lowest BCUT2D eigenvalue weighted by atomic mass is 10.2. The Morgan fingerprint density at radius 2 is 1.92 bits per heavy atom. The number of aryl methyl sites for hydroxylation is 1. The second-order valence-electron chi connectivity index (χ2n) is 5.06. The second-order valence-corrected chi connectivity index (χ2v) is 7.78. The van der Waals surface area contributed by atoms with Crippen LogP contribution in [0.5, 0.6) is 0 Å². The molecule has 0 unspecified atom stereocenters. The van der Waals surface area contributed by atoms with Crippen LogP contribution in [-0.4, -0.2) is 31.0 Å². The predicted octanol–water partition coefficient (Wildman–Crippen LogP) is 2.95. The molecule has 0 aliphatic carbocycles. The molecule has 0 aromatic heterocycles. The Hall–Kier alpha value is -2.46. The van der Waals surface area contributed by atoms with Gasteiger partial charge < -0.3 is 5.11 Å². The lowest BCUT2D eigenvalue weighted by Gasteiger charge is -2.23. The fourth-order valence-corrected chi connectivity index (χ4v) is 4.22. The first kappa shape index (κ1) is 18.9. The number of carbonyl (C=O) groups is 1. The summed E-state index contributed by atoms with van der Waals surface area (Å²) in [6.45, 7) is 0.657. The summed E-state index contributed by atoms with van der Waals surface area (Å²) in [5, 5.41) is 20.2. The van der Waals surface area contributed by atoms with Crippen LogP contribution >= 0.6 is 15.9 Å². The maximum Gasteiger partial charge on any atom is 0.324 e. The number of carboxylic acid groups (broad SMARTS) is 1. The number of aliphatic carboxylic acids is 1. The number of halogens is 1. The molecule has 0 heterocycles. The number of rotatable bonds is 6. The van der Waals surface area contributed by atoms with Gasteiger partial charge in [-0.25, -0.2) is 8.42 Å². The zero-order valence-corrected chi connectivity index (χ0v) is 15.3.